The highest BCUT2D eigenvalue weighted by Gasteiger charge is 2.28. The van der Waals surface area contributed by atoms with Gasteiger partial charge in [0, 0.05) is 55.2 Å². The van der Waals surface area contributed by atoms with Crippen LogP contribution >= 0.6 is 0 Å². The Hall–Kier alpha value is -2.48. The molecule has 2 aromatic heterocycles. The molecular formula is C21H31N7O. The van der Waals surface area contributed by atoms with Gasteiger partial charge in [0.15, 0.2) is 0 Å². The van der Waals surface area contributed by atoms with Gasteiger partial charge in [-0.2, -0.15) is 5.10 Å². The predicted octanol–water partition coefficient (Wildman–Crippen LogP) is 2.30. The molecule has 1 aliphatic heterocycles. The monoisotopic (exact) mass is 397 g/mol. The molecule has 2 atom stereocenters. The Labute approximate surface area is 172 Å². The van der Waals surface area contributed by atoms with Crippen molar-refractivity contribution in [3.05, 3.63) is 35.0 Å². The Morgan fingerprint density at radius 1 is 1.24 bits per heavy atom. The SMILES string of the molecule is CNC(=O)c1nc(C)c(C)c(N2CC[C@@H](NC(C)c3cnn(C4CCC4)c3)C2)n1. The molecule has 2 aliphatic rings. The van der Waals surface area contributed by atoms with Crippen molar-refractivity contribution in [3.8, 4) is 0 Å². The molecule has 2 N–H and O–H groups in total. The number of carbonyl (C=O) groups excluding carboxylic acids is 1. The van der Waals surface area contributed by atoms with Crippen LogP contribution in [0.3, 0.4) is 0 Å². The number of hydrogen-bond donors (Lipinski definition) is 2. The first-order chi connectivity index (χ1) is 14.0. The average Bonchev–Trinajstić information content (AvgIpc) is 3.32. The second-order valence-corrected chi connectivity index (χ2v) is 8.32. The molecule has 4 rings (SSSR count). The van der Waals surface area contributed by atoms with Crippen molar-refractivity contribution in [2.24, 2.45) is 0 Å². The van der Waals surface area contributed by atoms with E-state index in [4.69, 9.17) is 0 Å². The summed E-state index contributed by atoms with van der Waals surface area (Å²) in [6, 6.07) is 1.22. The lowest BCUT2D eigenvalue weighted by atomic mass is 9.93. The molecule has 29 heavy (non-hydrogen) atoms. The molecule has 1 unspecified atom stereocenters. The van der Waals surface area contributed by atoms with E-state index in [0.29, 0.717) is 12.1 Å². The highest BCUT2D eigenvalue weighted by Crippen LogP contribution is 2.31. The van der Waals surface area contributed by atoms with E-state index in [1.807, 2.05) is 20.0 Å². The van der Waals surface area contributed by atoms with Crippen LogP contribution in [0.4, 0.5) is 5.82 Å². The van der Waals surface area contributed by atoms with E-state index in [1.54, 1.807) is 7.05 Å². The summed E-state index contributed by atoms with van der Waals surface area (Å²) in [5.74, 6) is 0.852. The zero-order valence-corrected chi connectivity index (χ0v) is 17.8. The van der Waals surface area contributed by atoms with E-state index in [0.717, 1.165) is 36.6 Å². The lowest BCUT2D eigenvalue weighted by molar-refractivity contribution is 0.0952. The maximum atomic E-state index is 12.0. The first-order valence-corrected chi connectivity index (χ1v) is 10.6. The molecule has 0 aromatic carbocycles. The summed E-state index contributed by atoms with van der Waals surface area (Å²) < 4.78 is 2.13. The van der Waals surface area contributed by atoms with E-state index in [-0.39, 0.29) is 17.8 Å². The Kier molecular flexibility index (Phi) is 5.54. The van der Waals surface area contributed by atoms with Gasteiger partial charge in [-0.1, -0.05) is 0 Å². The van der Waals surface area contributed by atoms with Crippen LogP contribution in [-0.2, 0) is 0 Å². The van der Waals surface area contributed by atoms with Gasteiger partial charge in [0.2, 0.25) is 5.82 Å². The number of hydrogen-bond acceptors (Lipinski definition) is 6. The highest BCUT2D eigenvalue weighted by atomic mass is 16.2. The third kappa shape index (κ3) is 3.99. The van der Waals surface area contributed by atoms with E-state index >= 15 is 0 Å². The molecule has 8 nitrogen and oxygen atoms in total. The quantitative estimate of drug-likeness (QED) is 0.778. The Morgan fingerprint density at radius 2 is 2.03 bits per heavy atom. The second-order valence-electron chi connectivity index (χ2n) is 8.32. The third-order valence-electron chi connectivity index (χ3n) is 6.34. The number of amides is 1. The summed E-state index contributed by atoms with van der Waals surface area (Å²) in [6.07, 6.45) is 9.04. The fraction of sp³-hybridized carbons (Fsp3) is 0.619. The molecule has 2 aromatic rings. The van der Waals surface area contributed by atoms with Gasteiger partial charge in [-0.05, 0) is 46.5 Å². The number of nitrogens with zero attached hydrogens (tertiary/aromatic N) is 5. The number of anilines is 1. The smallest absolute Gasteiger partial charge is 0.288 e. The number of nitrogens with one attached hydrogen (secondary N) is 2. The van der Waals surface area contributed by atoms with Gasteiger partial charge in [0.05, 0.1) is 12.2 Å². The molecule has 2 fully saturated rings. The molecule has 1 saturated carbocycles. The minimum absolute atomic E-state index is 0.235. The second kappa shape index (κ2) is 8.10. The van der Waals surface area contributed by atoms with Crippen LogP contribution in [0.2, 0.25) is 0 Å². The van der Waals surface area contributed by atoms with Crippen LogP contribution < -0.4 is 15.5 Å². The number of aryl methyl sites for hydroxylation is 1. The zero-order chi connectivity index (χ0) is 20.5. The van der Waals surface area contributed by atoms with E-state index < -0.39 is 0 Å². The van der Waals surface area contributed by atoms with Crippen molar-refractivity contribution >= 4 is 11.7 Å². The van der Waals surface area contributed by atoms with Gasteiger partial charge in [0.25, 0.3) is 5.91 Å². The highest BCUT2D eigenvalue weighted by molar-refractivity contribution is 5.90. The standard InChI is InChI=1S/C21H31N7O/c1-13-14(2)25-19(21(29)22-4)26-20(13)27-9-8-17(12-27)24-15(3)16-10-23-28(11-16)18-6-5-7-18/h10-11,15,17-18,24H,5-9,12H2,1-4H3,(H,22,29)/t15?,17-/m1/s1. The molecule has 156 valence electrons. The van der Waals surface area contributed by atoms with Gasteiger partial charge >= 0.3 is 0 Å². The zero-order valence-electron chi connectivity index (χ0n) is 17.8. The van der Waals surface area contributed by atoms with Crippen LogP contribution in [0.15, 0.2) is 12.4 Å². The largest absolute Gasteiger partial charge is 0.355 e. The lowest BCUT2D eigenvalue weighted by Gasteiger charge is -2.25. The van der Waals surface area contributed by atoms with Crippen molar-refractivity contribution in [1.29, 1.82) is 0 Å². The molecule has 0 spiro atoms. The maximum Gasteiger partial charge on any atom is 0.288 e. The molecule has 3 heterocycles. The molecule has 1 aliphatic carbocycles. The van der Waals surface area contributed by atoms with Crippen molar-refractivity contribution in [1.82, 2.24) is 30.4 Å². The van der Waals surface area contributed by atoms with E-state index in [9.17, 15) is 4.79 Å². The van der Waals surface area contributed by atoms with Crippen LogP contribution in [0.1, 0.15) is 72.1 Å². The van der Waals surface area contributed by atoms with Crippen molar-refractivity contribution in [3.63, 3.8) is 0 Å². The minimum Gasteiger partial charge on any atom is -0.355 e. The summed E-state index contributed by atoms with van der Waals surface area (Å²) in [6.45, 7) is 7.94. The molecular weight excluding hydrogens is 366 g/mol. The summed E-state index contributed by atoms with van der Waals surface area (Å²) in [7, 11) is 1.60. The summed E-state index contributed by atoms with van der Waals surface area (Å²) in [4.78, 5) is 23.2. The molecule has 8 heteroatoms. The van der Waals surface area contributed by atoms with Gasteiger partial charge in [0.1, 0.15) is 5.82 Å². The van der Waals surface area contributed by atoms with Crippen LogP contribution in [-0.4, -0.2) is 51.8 Å². The van der Waals surface area contributed by atoms with Crippen molar-refractivity contribution in [2.75, 3.05) is 25.0 Å². The number of rotatable bonds is 6. The van der Waals surface area contributed by atoms with E-state index in [2.05, 4.69) is 48.4 Å². The molecule has 0 bridgehead atoms. The van der Waals surface area contributed by atoms with E-state index in [1.165, 1.54) is 24.8 Å². The Bertz CT molecular complexity index is 889. The first-order valence-electron chi connectivity index (χ1n) is 10.6. The predicted molar refractivity (Wildman–Crippen MR) is 112 cm³/mol. The average molecular weight is 398 g/mol. The number of aromatic nitrogens is 4. The fourth-order valence-corrected chi connectivity index (χ4v) is 4.10. The number of carbonyl (C=O) groups is 1. The Balaban J connectivity index is 1.42. The summed E-state index contributed by atoms with van der Waals surface area (Å²) >= 11 is 0. The first kappa shape index (κ1) is 19.8. The lowest BCUT2D eigenvalue weighted by Crippen LogP contribution is -2.35. The van der Waals surface area contributed by atoms with Crippen molar-refractivity contribution < 1.29 is 4.79 Å². The van der Waals surface area contributed by atoms with Gasteiger partial charge < -0.3 is 15.5 Å². The summed E-state index contributed by atoms with van der Waals surface area (Å²) in [5, 5.41) is 10.9. The van der Waals surface area contributed by atoms with Gasteiger partial charge in [-0.25, -0.2) is 9.97 Å². The summed E-state index contributed by atoms with van der Waals surface area (Å²) in [5.41, 5.74) is 3.13. The van der Waals surface area contributed by atoms with Crippen LogP contribution in [0.5, 0.6) is 0 Å². The van der Waals surface area contributed by atoms with Crippen LogP contribution in [0, 0.1) is 13.8 Å². The third-order valence-corrected chi connectivity index (χ3v) is 6.34. The normalized spacial score (nSPS) is 20.6. The van der Waals surface area contributed by atoms with Gasteiger partial charge in [-0.3, -0.25) is 9.48 Å². The van der Waals surface area contributed by atoms with Crippen molar-refractivity contribution in [2.45, 2.75) is 64.6 Å². The maximum absolute atomic E-state index is 12.0. The molecule has 1 saturated heterocycles. The minimum atomic E-state index is -0.250. The molecule has 0 radical (unpaired) electrons. The fourth-order valence-electron chi connectivity index (χ4n) is 4.10. The van der Waals surface area contributed by atoms with Crippen LogP contribution in [0.25, 0.3) is 0 Å². The topological polar surface area (TPSA) is 88.0 Å². The Morgan fingerprint density at radius 3 is 2.72 bits per heavy atom. The molecule has 1 amide bonds. The van der Waals surface area contributed by atoms with Gasteiger partial charge in [-0.15, -0.1) is 0 Å².